The molecule has 2 aromatic rings. The van der Waals surface area contributed by atoms with Crippen LogP contribution in [0.2, 0.25) is 5.02 Å². The number of Topliss-reactive ketones (excluding diaryl/α,β-unsaturated/α-hetero) is 1. The van der Waals surface area contributed by atoms with E-state index < -0.39 is 17.7 Å². The van der Waals surface area contributed by atoms with Crippen LogP contribution in [0.3, 0.4) is 0 Å². The maximum absolute atomic E-state index is 12.9. The molecule has 1 saturated carbocycles. The molecule has 0 spiro atoms. The van der Waals surface area contributed by atoms with E-state index in [0.717, 1.165) is 25.7 Å². The molecule has 0 bridgehead atoms. The van der Waals surface area contributed by atoms with Gasteiger partial charge in [0.25, 0.3) is 11.7 Å². The number of hydrogen-bond donors (Lipinski definition) is 2. The highest BCUT2D eigenvalue weighted by molar-refractivity contribution is 6.46. The molecule has 1 aliphatic carbocycles. The first-order chi connectivity index (χ1) is 13.5. The quantitative estimate of drug-likeness (QED) is 0.457. The number of amides is 1. The van der Waals surface area contributed by atoms with Gasteiger partial charge in [-0.1, -0.05) is 36.6 Å². The molecule has 28 heavy (non-hydrogen) atoms. The van der Waals surface area contributed by atoms with Crippen molar-refractivity contribution in [2.75, 3.05) is 0 Å². The van der Waals surface area contributed by atoms with E-state index in [1.54, 1.807) is 41.3 Å². The van der Waals surface area contributed by atoms with Crippen molar-refractivity contribution < 1.29 is 19.8 Å². The third-order valence-corrected chi connectivity index (χ3v) is 5.75. The van der Waals surface area contributed by atoms with E-state index in [1.807, 2.05) is 0 Å². The summed E-state index contributed by atoms with van der Waals surface area (Å²) in [6.45, 7) is 0. The number of aromatic hydroxyl groups is 1. The minimum Gasteiger partial charge on any atom is -0.508 e. The first-order valence-corrected chi connectivity index (χ1v) is 9.70. The van der Waals surface area contributed by atoms with E-state index in [2.05, 4.69) is 0 Å². The normalized spacial score (nSPS) is 22.2. The van der Waals surface area contributed by atoms with Gasteiger partial charge in [-0.15, -0.1) is 0 Å². The van der Waals surface area contributed by atoms with E-state index in [0.29, 0.717) is 16.1 Å². The van der Waals surface area contributed by atoms with Crippen LogP contribution in [0.15, 0.2) is 54.1 Å². The topological polar surface area (TPSA) is 77.8 Å². The number of halogens is 1. The lowest BCUT2D eigenvalue weighted by molar-refractivity contribution is -0.141. The number of benzene rings is 2. The predicted molar refractivity (Wildman–Crippen MR) is 106 cm³/mol. The molecule has 1 aliphatic heterocycles. The fourth-order valence-electron chi connectivity index (χ4n) is 4.19. The molecule has 2 N–H and O–H groups in total. The van der Waals surface area contributed by atoms with Gasteiger partial charge in [-0.25, -0.2) is 0 Å². The lowest BCUT2D eigenvalue weighted by atomic mass is 9.94. The monoisotopic (exact) mass is 397 g/mol. The number of carbonyl (C=O) groups excluding carboxylic acids is 2. The van der Waals surface area contributed by atoms with E-state index in [9.17, 15) is 19.8 Å². The molecule has 0 radical (unpaired) electrons. The molecule has 4 rings (SSSR count). The number of carbonyl (C=O) groups is 2. The molecule has 144 valence electrons. The Labute approximate surface area is 167 Å². The average Bonchev–Trinajstić information content (AvgIpc) is 3.29. The Morgan fingerprint density at radius 1 is 1.04 bits per heavy atom. The molecule has 5 nitrogen and oxygen atoms in total. The molecule has 1 amide bonds. The van der Waals surface area contributed by atoms with Crippen molar-refractivity contribution in [3.63, 3.8) is 0 Å². The molecule has 2 aliphatic rings. The molecule has 1 atom stereocenters. The summed E-state index contributed by atoms with van der Waals surface area (Å²) in [5.41, 5.74) is 1.06. The summed E-state index contributed by atoms with van der Waals surface area (Å²) in [4.78, 5) is 27.4. The van der Waals surface area contributed by atoms with Crippen LogP contribution < -0.4 is 0 Å². The summed E-state index contributed by atoms with van der Waals surface area (Å²) in [5, 5.41) is 21.4. The summed E-state index contributed by atoms with van der Waals surface area (Å²) < 4.78 is 0. The SMILES string of the molecule is O=C1C(=O)N(C2CCCC2)C(c2cccc(O)c2)/C1=C(/O)c1ccc(Cl)cc1. The van der Waals surface area contributed by atoms with E-state index in [-0.39, 0.29) is 23.1 Å². The molecule has 1 heterocycles. The third-order valence-electron chi connectivity index (χ3n) is 5.50. The van der Waals surface area contributed by atoms with Crippen LogP contribution in [0.4, 0.5) is 0 Å². The second-order valence-electron chi connectivity index (χ2n) is 7.25. The maximum Gasteiger partial charge on any atom is 0.295 e. The number of hydrogen-bond acceptors (Lipinski definition) is 4. The van der Waals surface area contributed by atoms with Gasteiger partial charge in [-0.2, -0.15) is 0 Å². The minimum atomic E-state index is -0.731. The first-order valence-electron chi connectivity index (χ1n) is 9.32. The number of aliphatic hydroxyl groups is 1. The Kier molecular flexibility index (Phi) is 4.85. The zero-order valence-corrected chi connectivity index (χ0v) is 15.9. The standard InChI is InChI=1S/C22H20ClNO4/c23-15-10-8-13(9-11-15)20(26)18-19(14-4-3-7-17(25)12-14)24(22(28)21(18)27)16-5-1-2-6-16/h3-4,7-12,16,19,25-26H,1-2,5-6H2/b20-18-. The van der Waals surface area contributed by atoms with E-state index in [4.69, 9.17) is 11.6 Å². The summed E-state index contributed by atoms with van der Waals surface area (Å²) >= 11 is 5.92. The molecular formula is C22H20ClNO4. The first kappa shape index (κ1) is 18.6. The van der Waals surface area contributed by atoms with Gasteiger partial charge in [0, 0.05) is 16.6 Å². The zero-order chi connectivity index (χ0) is 19.8. The van der Waals surface area contributed by atoms with Crippen molar-refractivity contribution in [2.24, 2.45) is 0 Å². The highest BCUT2D eigenvalue weighted by Gasteiger charge is 2.49. The number of nitrogens with zero attached hydrogens (tertiary/aromatic N) is 1. The van der Waals surface area contributed by atoms with Crippen molar-refractivity contribution in [3.8, 4) is 5.75 Å². The number of aliphatic hydroxyl groups excluding tert-OH is 1. The van der Waals surface area contributed by atoms with Crippen molar-refractivity contribution in [1.82, 2.24) is 4.90 Å². The van der Waals surface area contributed by atoms with Gasteiger partial charge in [-0.05, 0) is 54.8 Å². The van der Waals surface area contributed by atoms with Gasteiger partial charge < -0.3 is 15.1 Å². The summed E-state index contributed by atoms with van der Waals surface area (Å²) in [7, 11) is 0. The Bertz CT molecular complexity index is 961. The molecule has 1 saturated heterocycles. The highest BCUT2D eigenvalue weighted by atomic mass is 35.5. The Hall–Kier alpha value is -2.79. The van der Waals surface area contributed by atoms with Crippen molar-refractivity contribution in [1.29, 1.82) is 0 Å². The second kappa shape index (κ2) is 7.32. The Morgan fingerprint density at radius 3 is 2.36 bits per heavy atom. The highest BCUT2D eigenvalue weighted by Crippen LogP contribution is 2.43. The molecule has 0 aromatic heterocycles. The van der Waals surface area contributed by atoms with Crippen molar-refractivity contribution in [2.45, 2.75) is 37.8 Å². The number of likely N-dealkylation sites (tertiary alicyclic amines) is 1. The van der Waals surface area contributed by atoms with Gasteiger partial charge in [0.15, 0.2) is 0 Å². The Balaban J connectivity index is 1.89. The lowest BCUT2D eigenvalue weighted by Crippen LogP contribution is -2.37. The number of phenols is 1. The van der Waals surface area contributed by atoms with Gasteiger partial charge in [0.05, 0.1) is 11.6 Å². The third kappa shape index (κ3) is 3.16. The fourth-order valence-corrected chi connectivity index (χ4v) is 4.32. The Morgan fingerprint density at radius 2 is 1.71 bits per heavy atom. The summed E-state index contributed by atoms with van der Waals surface area (Å²) in [6.07, 6.45) is 3.64. The lowest BCUT2D eigenvalue weighted by Gasteiger charge is -2.30. The van der Waals surface area contributed by atoms with Crippen molar-refractivity contribution in [3.05, 3.63) is 70.3 Å². The molecular weight excluding hydrogens is 378 g/mol. The predicted octanol–water partition coefficient (Wildman–Crippen LogP) is 4.41. The molecule has 2 fully saturated rings. The number of rotatable bonds is 3. The van der Waals surface area contributed by atoms with Gasteiger partial charge in [0.2, 0.25) is 0 Å². The van der Waals surface area contributed by atoms with Crippen LogP contribution in [0, 0.1) is 0 Å². The van der Waals surface area contributed by atoms with Crippen LogP contribution in [0.25, 0.3) is 5.76 Å². The van der Waals surface area contributed by atoms with Crippen LogP contribution in [0.1, 0.15) is 42.9 Å². The van der Waals surface area contributed by atoms with Crippen LogP contribution in [-0.2, 0) is 9.59 Å². The van der Waals surface area contributed by atoms with Crippen LogP contribution in [0.5, 0.6) is 5.75 Å². The maximum atomic E-state index is 12.9. The minimum absolute atomic E-state index is 0.0426. The average molecular weight is 398 g/mol. The van der Waals surface area contributed by atoms with Gasteiger partial charge in [0.1, 0.15) is 11.5 Å². The fraction of sp³-hybridized carbons (Fsp3) is 0.273. The van der Waals surface area contributed by atoms with E-state index in [1.165, 1.54) is 12.1 Å². The number of phenolic OH excluding ortho intramolecular Hbond substituents is 1. The van der Waals surface area contributed by atoms with Crippen LogP contribution in [-0.4, -0.2) is 32.8 Å². The van der Waals surface area contributed by atoms with Crippen molar-refractivity contribution >= 4 is 29.1 Å². The van der Waals surface area contributed by atoms with Gasteiger partial charge >= 0.3 is 0 Å². The molecule has 1 unspecified atom stereocenters. The largest absolute Gasteiger partial charge is 0.508 e. The second-order valence-corrected chi connectivity index (χ2v) is 7.68. The van der Waals surface area contributed by atoms with Gasteiger partial charge in [-0.3, -0.25) is 9.59 Å². The zero-order valence-electron chi connectivity index (χ0n) is 15.1. The summed E-state index contributed by atoms with van der Waals surface area (Å²) in [5.74, 6) is -1.49. The summed E-state index contributed by atoms with van der Waals surface area (Å²) in [6, 6.07) is 12.2. The van der Waals surface area contributed by atoms with E-state index >= 15 is 0 Å². The van der Waals surface area contributed by atoms with Crippen LogP contribution >= 0.6 is 11.6 Å². The smallest absolute Gasteiger partial charge is 0.295 e. The molecule has 2 aromatic carbocycles. The molecule has 6 heteroatoms. The number of ketones is 1.